The van der Waals surface area contributed by atoms with Gasteiger partial charge in [0.2, 0.25) is 0 Å². The molecule has 24 heavy (non-hydrogen) atoms. The molecule has 0 saturated heterocycles. The van der Waals surface area contributed by atoms with Gasteiger partial charge in [0, 0.05) is 11.5 Å². The molecule has 5 nitrogen and oxygen atoms in total. The monoisotopic (exact) mass is 325 g/mol. The molecule has 0 radical (unpaired) electrons. The molecular weight excluding hydrogens is 306 g/mol. The fourth-order valence-corrected chi connectivity index (χ4v) is 2.96. The maximum atomic E-state index is 12.5. The Labute approximate surface area is 140 Å². The topological polar surface area (TPSA) is 64.6 Å². The summed E-state index contributed by atoms with van der Waals surface area (Å²) in [5, 5.41) is 2.87. The first-order valence-corrected chi connectivity index (χ1v) is 7.70. The van der Waals surface area contributed by atoms with Gasteiger partial charge in [-0.2, -0.15) is 0 Å². The van der Waals surface area contributed by atoms with E-state index in [0.29, 0.717) is 12.0 Å². The predicted molar refractivity (Wildman–Crippen MR) is 89.0 cm³/mol. The normalized spacial score (nSPS) is 21.7. The lowest BCUT2D eigenvalue weighted by Crippen LogP contribution is -2.45. The van der Waals surface area contributed by atoms with Crippen LogP contribution in [0.5, 0.6) is 5.75 Å². The Morgan fingerprint density at radius 3 is 2.29 bits per heavy atom. The van der Waals surface area contributed by atoms with Crippen LogP contribution < -0.4 is 10.1 Å². The van der Waals surface area contributed by atoms with Crippen molar-refractivity contribution < 1.29 is 19.1 Å². The van der Waals surface area contributed by atoms with Crippen LogP contribution >= 0.6 is 0 Å². The third-order valence-electron chi connectivity index (χ3n) is 4.40. The van der Waals surface area contributed by atoms with Gasteiger partial charge in [-0.05, 0) is 36.2 Å². The number of hydrogen-bond donors (Lipinski definition) is 1. The molecule has 1 saturated carbocycles. The third kappa shape index (κ3) is 2.85. The Balaban J connectivity index is 1.82. The van der Waals surface area contributed by atoms with Crippen LogP contribution in [0.2, 0.25) is 0 Å². The molecule has 0 heterocycles. The first-order chi connectivity index (χ1) is 11.6. The lowest BCUT2D eigenvalue weighted by atomic mass is 10.1. The molecule has 0 spiro atoms. The highest BCUT2D eigenvalue weighted by Crippen LogP contribution is 2.52. The smallest absolute Gasteiger partial charge is 0.332 e. The molecule has 2 aromatic carbocycles. The van der Waals surface area contributed by atoms with E-state index in [0.717, 1.165) is 11.3 Å². The molecule has 1 fully saturated rings. The number of amides is 1. The summed E-state index contributed by atoms with van der Waals surface area (Å²) < 4.78 is 10.1. The van der Waals surface area contributed by atoms with Crippen molar-refractivity contribution in [2.45, 2.75) is 17.9 Å². The van der Waals surface area contributed by atoms with E-state index in [1.54, 1.807) is 31.4 Å². The van der Waals surface area contributed by atoms with Crippen molar-refractivity contribution in [2.75, 3.05) is 14.2 Å². The van der Waals surface area contributed by atoms with Gasteiger partial charge in [0.25, 0.3) is 5.91 Å². The van der Waals surface area contributed by atoms with Crippen LogP contribution in [-0.2, 0) is 9.53 Å². The quantitative estimate of drug-likeness (QED) is 0.858. The SMILES string of the molecule is COC(=O)[C@]1(NC(=O)c2ccccc2)C[C@@H]1c1ccc(OC)cc1. The van der Waals surface area contributed by atoms with E-state index in [4.69, 9.17) is 9.47 Å². The fraction of sp³-hybridized carbons (Fsp3) is 0.263. The lowest BCUT2D eigenvalue weighted by molar-refractivity contribution is -0.144. The van der Waals surface area contributed by atoms with Gasteiger partial charge in [-0.25, -0.2) is 4.79 Å². The summed E-state index contributed by atoms with van der Waals surface area (Å²) in [6, 6.07) is 16.3. The maximum Gasteiger partial charge on any atom is 0.332 e. The van der Waals surface area contributed by atoms with Crippen molar-refractivity contribution in [3.63, 3.8) is 0 Å². The first kappa shape index (κ1) is 16.1. The average molecular weight is 325 g/mol. The molecule has 1 amide bonds. The molecule has 2 atom stereocenters. The molecule has 1 aliphatic carbocycles. The van der Waals surface area contributed by atoms with E-state index < -0.39 is 11.5 Å². The molecule has 3 rings (SSSR count). The summed E-state index contributed by atoms with van der Waals surface area (Å²) in [6.07, 6.45) is 0.518. The minimum Gasteiger partial charge on any atom is -0.497 e. The Bertz CT molecular complexity index is 742. The zero-order valence-corrected chi connectivity index (χ0v) is 13.6. The number of nitrogens with one attached hydrogen (secondary N) is 1. The largest absolute Gasteiger partial charge is 0.497 e. The van der Waals surface area contributed by atoms with Gasteiger partial charge >= 0.3 is 5.97 Å². The second-order valence-corrected chi connectivity index (χ2v) is 5.81. The highest BCUT2D eigenvalue weighted by molar-refractivity contribution is 6.00. The minimum absolute atomic E-state index is 0.108. The molecular formula is C19H19NO4. The molecule has 5 heteroatoms. The van der Waals surface area contributed by atoms with Crippen LogP contribution in [0.4, 0.5) is 0 Å². The molecule has 1 N–H and O–H groups in total. The van der Waals surface area contributed by atoms with Gasteiger partial charge < -0.3 is 14.8 Å². The second kappa shape index (κ2) is 6.35. The number of carbonyl (C=O) groups excluding carboxylic acids is 2. The van der Waals surface area contributed by atoms with Gasteiger partial charge in [0.15, 0.2) is 0 Å². The number of ether oxygens (including phenoxy) is 2. The molecule has 0 aliphatic heterocycles. The van der Waals surface area contributed by atoms with Gasteiger partial charge in [0.05, 0.1) is 14.2 Å². The van der Waals surface area contributed by atoms with Gasteiger partial charge in [-0.15, -0.1) is 0 Å². The molecule has 0 aromatic heterocycles. The number of methoxy groups -OCH3 is 2. The molecule has 1 aliphatic rings. The maximum absolute atomic E-state index is 12.5. The second-order valence-electron chi connectivity index (χ2n) is 5.81. The van der Waals surface area contributed by atoms with Crippen molar-refractivity contribution in [3.8, 4) is 5.75 Å². The summed E-state index contributed by atoms with van der Waals surface area (Å²) in [5.41, 5.74) is 0.478. The Kier molecular flexibility index (Phi) is 4.25. The van der Waals surface area contributed by atoms with Crippen LogP contribution in [0.3, 0.4) is 0 Å². The molecule has 0 bridgehead atoms. The Hall–Kier alpha value is -2.82. The van der Waals surface area contributed by atoms with Crippen molar-refractivity contribution in [1.82, 2.24) is 5.32 Å². The molecule has 2 aromatic rings. The van der Waals surface area contributed by atoms with Gasteiger partial charge in [-0.3, -0.25) is 4.79 Å². The van der Waals surface area contributed by atoms with E-state index in [9.17, 15) is 9.59 Å². The highest BCUT2D eigenvalue weighted by Gasteiger charge is 2.62. The number of rotatable bonds is 5. The zero-order chi connectivity index (χ0) is 17.2. The zero-order valence-electron chi connectivity index (χ0n) is 13.6. The summed E-state index contributed by atoms with van der Waals surface area (Å²) >= 11 is 0. The van der Waals surface area contributed by atoms with Crippen LogP contribution in [0.25, 0.3) is 0 Å². The minimum atomic E-state index is -1.00. The van der Waals surface area contributed by atoms with Gasteiger partial charge in [-0.1, -0.05) is 30.3 Å². The lowest BCUT2D eigenvalue weighted by Gasteiger charge is -2.17. The van der Waals surface area contributed by atoms with E-state index in [-0.39, 0.29) is 11.8 Å². The average Bonchev–Trinajstić information content (AvgIpc) is 3.37. The standard InChI is InChI=1S/C19H19NO4/c1-23-15-10-8-13(9-11-15)16-12-19(16,18(22)24-2)20-17(21)14-6-4-3-5-7-14/h3-11,16H,12H2,1-2H3,(H,20,21)/t16-,19+/m1/s1. The van der Waals surface area contributed by atoms with Crippen molar-refractivity contribution in [2.24, 2.45) is 0 Å². The number of carbonyl (C=O) groups is 2. The van der Waals surface area contributed by atoms with Crippen molar-refractivity contribution in [3.05, 3.63) is 65.7 Å². The fourth-order valence-electron chi connectivity index (χ4n) is 2.96. The summed E-state index contributed by atoms with van der Waals surface area (Å²) in [6.45, 7) is 0. The van der Waals surface area contributed by atoms with E-state index >= 15 is 0 Å². The van der Waals surface area contributed by atoms with E-state index in [1.807, 2.05) is 30.3 Å². The number of esters is 1. The summed E-state index contributed by atoms with van der Waals surface area (Å²) in [4.78, 5) is 24.8. The van der Waals surface area contributed by atoms with E-state index in [1.165, 1.54) is 7.11 Å². The van der Waals surface area contributed by atoms with Crippen LogP contribution in [-0.4, -0.2) is 31.6 Å². The van der Waals surface area contributed by atoms with Crippen molar-refractivity contribution in [1.29, 1.82) is 0 Å². The van der Waals surface area contributed by atoms with Crippen LogP contribution in [0.15, 0.2) is 54.6 Å². The van der Waals surface area contributed by atoms with Crippen molar-refractivity contribution >= 4 is 11.9 Å². The number of benzene rings is 2. The Morgan fingerprint density at radius 2 is 1.71 bits per heavy atom. The number of hydrogen-bond acceptors (Lipinski definition) is 4. The molecule has 0 unspecified atom stereocenters. The summed E-state index contributed by atoms with van der Waals surface area (Å²) in [7, 11) is 2.94. The van der Waals surface area contributed by atoms with Crippen LogP contribution in [0, 0.1) is 0 Å². The molecule has 124 valence electrons. The third-order valence-corrected chi connectivity index (χ3v) is 4.40. The van der Waals surface area contributed by atoms with Crippen LogP contribution in [0.1, 0.15) is 28.3 Å². The predicted octanol–water partition coefficient (Wildman–Crippen LogP) is 2.52. The highest BCUT2D eigenvalue weighted by atomic mass is 16.5. The van der Waals surface area contributed by atoms with Gasteiger partial charge in [0.1, 0.15) is 11.3 Å². The van der Waals surface area contributed by atoms with E-state index in [2.05, 4.69) is 5.32 Å². The summed E-state index contributed by atoms with van der Waals surface area (Å²) in [5.74, 6) is -0.0653. The first-order valence-electron chi connectivity index (χ1n) is 7.70. The Morgan fingerprint density at radius 1 is 1.04 bits per heavy atom.